The van der Waals surface area contributed by atoms with Crippen molar-refractivity contribution in [2.75, 3.05) is 0 Å². The summed E-state index contributed by atoms with van der Waals surface area (Å²) in [7, 11) is 0. The Balaban J connectivity index is 2.17. The van der Waals surface area contributed by atoms with Crippen LogP contribution in [-0.2, 0) is 4.79 Å². The molecule has 1 aromatic carbocycles. The predicted octanol–water partition coefficient (Wildman–Crippen LogP) is 1.86. The van der Waals surface area contributed by atoms with E-state index in [0.717, 1.165) is 12.8 Å². The molecule has 1 fully saturated rings. The molecule has 2 atom stereocenters. The van der Waals surface area contributed by atoms with Crippen LogP contribution >= 0.6 is 15.9 Å². The van der Waals surface area contributed by atoms with E-state index in [-0.39, 0.29) is 16.3 Å². The summed E-state index contributed by atoms with van der Waals surface area (Å²) < 4.78 is 6.06. The van der Waals surface area contributed by atoms with Crippen LogP contribution in [0.3, 0.4) is 0 Å². The molecule has 2 rings (SSSR count). The monoisotopic (exact) mass is 357 g/mol. The number of rotatable bonds is 4. The predicted molar refractivity (Wildman–Crippen MR) is 79.8 cm³/mol. The molecule has 2 unspecified atom stereocenters. The number of nitro groups is 1. The maximum absolute atomic E-state index is 11.4. The number of halogens is 1. The van der Waals surface area contributed by atoms with Crippen molar-refractivity contribution in [3.63, 3.8) is 0 Å². The van der Waals surface area contributed by atoms with Crippen LogP contribution in [-0.4, -0.2) is 22.5 Å². The second-order valence-electron chi connectivity index (χ2n) is 5.20. The van der Waals surface area contributed by atoms with Crippen molar-refractivity contribution in [3.05, 3.63) is 32.8 Å². The molecule has 0 aromatic heterocycles. The SMILES string of the molecule is NC(=O)C1(N)CCCC(Oc2cccc([N+](=O)[O-])c2Br)C1. The van der Waals surface area contributed by atoms with Gasteiger partial charge in [-0.05, 0) is 41.3 Å². The number of ether oxygens (including phenoxy) is 1. The molecule has 1 aliphatic carbocycles. The van der Waals surface area contributed by atoms with Crippen LogP contribution in [0.4, 0.5) is 5.69 Å². The van der Waals surface area contributed by atoms with Gasteiger partial charge in [0.2, 0.25) is 5.91 Å². The molecule has 0 spiro atoms. The highest BCUT2D eigenvalue weighted by Crippen LogP contribution is 2.36. The summed E-state index contributed by atoms with van der Waals surface area (Å²) in [6.45, 7) is 0. The third-order valence-electron chi connectivity index (χ3n) is 3.66. The van der Waals surface area contributed by atoms with Gasteiger partial charge in [-0.15, -0.1) is 0 Å². The Morgan fingerprint density at radius 1 is 1.52 bits per heavy atom. The number of primary amides is 1. The van der Waals surface area contributed by atoms with Crippen LogP contribution in [0.15, 0.2) is 22.7 Å². The van der Waals surface area contributed by atoms with Gasteiger partial charge >= 0.3 is 0 Å². The van der Waals surface area contributed by atoms with E-state index in [1.807, 2.05) is 0 Å². The Labute approximate surface area is 129 Å². The molecule has 1 amide bonds. The molecular weight excluding hydrogens is 342 g/mol. The highest BCUT2D eigenvalue weighted by Gasteiger charge is 2.39. The van der Waals surface area contributed by atoms with Gasteiger partial charge < -0.3 is 16.2 Å². The van der Waals surface area contributed by atoms with E-state index in [2.05, 4.69) is 15.9 Å². The highest BCUT2D eigenvalue weighted by molar-refractivity contribution is 9.10. The van der Waals surface area contributed by atoms with Crippen molar-refractivity contribution in [3.8, 4) is 5.75 Å². The smallest absolute Gasteiger partial charge is 0.287 e. The van der Waals surface area contributed by atoms with Gasteiger partial charge in [-0.2, -0.15) is 0 Å². The molecule has 21 heavy (non-hydrogen) atoms. The largest absolute Gasteiger partial charge is 0.489 e. The van der Waals surface area contributed by atoms with Crippen LogP contribution in [0, 0.1) is 10.1 Å². The minimum Gasteiger partial charge on any atom is -0.489 e. The van der Waals surface area contributed by atoms with Crippen LogP contribution in [0.5, 0.6) is 5.75 Å². The summed E-state index contributed by atoms with van der Waals surface area (Å²) in [5, 5.41) is 10.9. The number of benzene rings is 1. The van der Waals surface area contributed by atoms with Gasteiger partial charge in [0.05, 0.1) is 10.5 Å². The summed E-state index contributed by atoms with van der Waals surface area (Å²) >= 11 is 3.18. The van der Waals surface area contributed by atoms with Gasteiger partial charge in [0.15, 0.2) is 0 Å². The highest BCUT2D eigenvalue weighted by atomic mass is 79.9. The van der Waals surface area contributed by atoms with Crippen molar-refractivity contribution < 1.29 is 14.5 Å². The molecule has 0 radical (unpaired) electrons. The Bertz CT molecular complexity index is 581. The summed E-state index contributed by atoms with van der Waals surface area (Å²) in [6, 6.07) is 4.56. The third kappa shape index (κ3) is 3.33. The second kappa shape index (κ2) is 5.98. The lowest BCUT2D eigenvalue weighted by atomic mass is 9.80. The molecule has 4 N–H and O–H groups in total. The number of hydrogen-bond acceptors (Lipinski definition) is 5. The molecule has 7 nitrogen and oxygen atoms in total. The van der Waals surface area contributed by atoms with Gasteiger partial charge in [-0.3, -0.25) is 14.9 Å². The van der Waals surface area contributed by atoms with Crippen molar-refractivity contribution in [2.45, 2.75) is 37.3 Å². The summed E-state index contributed by atoms with van der Waals surface area (Å²) in [4.78, 5) is 21.8. The summed E-state index contributed by atoms with van der Waals surface area (Å²) in [6.07, 6.45) is 1.97. The van der Waals surface area contributed by atoms with E-state index in [1.165, 1.54) is 6.07 Å². The molecule has 0 aliphatic heterocycles. The molecular formula is C13H16BrN3O4. The number of carbonyl (C=O) groups excluding carboxylic acids is 1. The van der Waals surface area contributed by atoms with Crippen LogP contribution in [0.1, 0.15) is 25.7 Å². The minimum absolute atomic E-state index is 0.0720. The van der Waals surface area contributed by atoms with Crippen molar-refractivity contribution in [1.29, 1.82) is 0 Å². The van der Waals surface area contributed by atoms with E-state index in [4.69, 9.17) is 16.2 Å². The van der Waals surface area contributed by atoms with E-state index in [0.29, 0.717) is 18.6 Å². The molecule has 114 valence electrons. The van der Waals surface area contributed by atoms with E-state index >= 15 is 0 Å². The van der Waals surface area contributed by atoms with E-state index < -0.39 is 16.4 Å². The number of nitrogens with two attached hydrogens (primary N) is 2. The first-order valence-corrected chi connectivity index (χ1v) is 7.31. The molecule has 8 heteroatoms. The van der Waals surface area contributed by atoms with Gasteiger partial charge in [-0.1, -0.05) is 6.07 Å². The lowest BCUT2D eigenvalue weighted by Gasteiger charge is -2.35. The van der Waals surface area contributed by atoms with Crippen LogP contribution in [0.25, 0.3) is 0 Å². The van der Waals surface area contributed by atoms with Crippen molar-refractivity contribution in [1.82, 2.24) is 0 Å². The molecule has 0 bridgehead atoms. The standard InChI is InChI=1S/C13H16BrN3O4/c14-11-9(17(19)20)4-1-5-10(11)21-8-3-2-6-13(16,7-8)12(15)18/h1,4-5,8H,2-3,6-7,16H2,(H2,15,18). The Morgan fingerprint density at radius 2 is 2.24 bits per heavy atom. The molecule has 1 saturated carbocycles. The zero-order valence-corrected chi connectivity index (χ0v) is 12.8. The third-order valence-corrected chi connectivity index (χ3v) is 4.46. The number of nitrogens with zero attached hydrogens (tertiary/aromatic N) is 1. The van der Waals surface area contributed by atoms with Gasteiger partial charge in [0.25, 0.3) is 5.69 Å². The fourth-order valence-electron chi connectivity index (χ4n) is 2.49. The molecule has 0 saturated heterocycles. The fourth-order valence-corrected chi connectivity index (χ4v) is 2.99. The Hall–Kier alpha value is -1.67. The first-order chi connectivity index (χ1) is 9.83. The van der Waals surface area contributed by atoms with Crippen molar-refractivity contribution in [2.24, 2.45) is 11.5 Å². The zero-order chi connectivity index (χ0) is 15.6. The number of hydrogen-bond donors (Lipinski definition) is 2. The van der Waals surface area contributed by atoms with Gasteiger partial charge in [0.1, 0.15) is 16.3 Å². The van der Waals surface area contributed by atoms with Gasteiger partial charge in [-0.25, -0.2) is 0 Å². The second-order valence-corrected chi connectivity index (χ2v) is 6.00. The molecule has 0 heterocycles. The first-order valence-electron chi connectivity index (χ1n) is 6.52. The average Bonchev–Trinajstić information content (AvgIpc) is 2.41. The lowest BCUT2D eigenvalue weighted by Crippen LogP contribution is -2.56. The van der Waals surface area contributed by atoms with Crippen molar-refractivity contribution >= 4 is 27.5 Å². The zero-order valence-electron chi connectivity index (χ0n) is 11.3. The molecule has 1 aromatic rings. The quantitative estimate of drug-likeness (QED) is 0.628. The first kappa shape index (κ1) is 15.7. The van der Waals surface area contributed by atoms with E-state index in [1.54, 1.807) is 12.1 Å². The minimum atomic E-state index is -1.07. The number of nitro benzene ring substituents is 1. The molecule has 1 aliphatic rings. The maximum Gasteiger partial charge on any atom is 0.287 e. The maximum atomic E-state index is 11.4. The van der Waals surface area contributed by atoms with Crippen LogP contribution in [0.2, 0.25) is 0 Å². The summed E-state index contributed by atoms with van der Waals surface area (Å²) in [5.41, 5.74) is 10.2. The summed E-state index contributed by atoms with van der Waals surface area (Å²) in [5.74, 6) is -0.183. The Kier molecular flexibility index (Phi) is 4.48. The van der Waals surface area contributed by atoms with Crippen LogP contribution < -0.4 is 16.2 Å². The van der Waals surface area contributed by atoms with Gasteiger partial charge in [0, 0.05) is 12.5 Å². The topological polar surface area (TPSA) is 121 Å². The number of amides is 1. The number of carbonyl (C=O) groups is 1. The normalized spacial score (nSPS) is 25.3. The Morgan fingerprint density at radius 3 is 2.86 bits per heavy atom. The lowest BCUT2D eigenvalue weighted by molar-refractivity contribution is -0.385. The van der Waals surface area contributed by atoms with E-state index in [9.17, 15) is 14.9 Å². The fraction of sp³-hybridized carbons (Fsp3) is 0.462. The average molecular weight is 358 g/mol.